The number of halogens is 2. The molecule has 2 aromatic rings. The number of hydrogen-bond donors (Lipinski definition) is 1. The first kappa shape index (κ1) is 10.6. The molecule has 5 heteroatoms. The molecular weight excluding hydrogens is 326 g/mol. The van der Waals surface area contributed by atoms with Crippen LogP contribution in [0.1, 0.15) is 0 Å². The van der Waals surface area contributed by atoms with Gasteiger partial charge in [0.05, 0.1) is 5.52 Å². The summed E-state index contributed by atoms with van der Waals surface area (Å²) in [5, 5.41) is 4.11. The number of fused-ring (bicyclic) bond motifs is 1. The Bertz CT molecular complexity index is 530. The Hall–Kier alpha value is -0.880. The van der Waals surface area contributed by atoms with Gasteiger partial charge in [0, 0.05) is 33.7 Å². The maximum atomic E-state index is 10.8. The quantitative estimate of drug-likeness (QED) is 0.373. The van der Waals surface area contributed by atoms with E-state index in [1.165, 1.54) is 0 Å². The van der Waals surface area contributed by atoms with Gasteiger partial charge in [0.25, 0.3) is 3.91 Å². The van der Waals surface area contributed by atoms with E-state index in [4.69, 9.17) is 11.6 Å². The predicted molar refractivity (Wildman–Crippen MR) is 69.8 cm³/mol. The summed E-state index contributed by atoms with van der Waals surface area (Å²) in [5.74, 6) is 0. The molecule has 0 unspecified atom stereocenters. The van der Waals surface area contributed by atoms with Crippen molar-refractivity contribution in [3.8, 4) is 0 Å². The highest BCUT2D eigenvalue weighted by Gasteiger charge is 2.00. The summed E-state index contributed by atoms with van der Waals surface area (Å²) < 4.78 is -0.117. The number of nitrogens with zero attached hydrogens (tertiary/aromatic N) is 1. The molecule has 0 bridgehead atoms. The molecule has 3 nitrogen and oxygen atoms in total. The molecule has 1 aromatic carbocycles. The summed E-state index contributed by atoms with van der Waals surface area (Å²) in [5.41, 5.74) is 1.57. The van der Waals surface area contributed by atoms with Crippen molar-refractivity contribution in [2.75, 3.05) is 5.32 Å². The molecule has 0 saturated heterocycles. The largest absolute Gasteiger partial charge is 0.317 e. The van der Waals surface area contributed by atoms with Crippen LogP contribution in [-0.2, 0) is 0 Å². The van der Waals surface area contributed by atoms with Crippen LogP contribution in [0, 0.1) is 0 Å². The van der Waals surface area contributed by atoms with E-state index >= 15 is 0 Å². The lowest BCUT2D eigenvalue weighted by molar-refractivity contribution is 0.272. The van der Waals surface area contributed by atoms with Crippen LogP contribution < -0.4 is 5.32 Å². The third-order valence-electron chi connectivity index (χ3n) is 1.90. The molecule has 0 saturated carbocycles. The fourth-order valence-electron chi connectivity index (χ4n) is 1.29. The van der Waals surface area contributed by atoms with Crippen molar-refractivity contribution in [1.82, 2.24) is 4.98 Å². The third-order valence-corrected chi connectivity index (χ3v) is 2.38. The Labute approximate surface area is 105 Å². The highest BCUT2D eigenvalue weighted by atomic mass is 127. The number of nitrogens with one attached hydrogen (secondary N) is 1. The number of carbonyl (C=O) groups is 1. The maximum absolute atomic E-state index is 10.8. The van der Waals surface area contributed by atoms with Crippen molar-refractivity contribution >= 4 is 54.7 Å². The molecule has 0 fully saturated rings. The average molecular weight is 333 g/mol. The van der Waals surface area contributed by atoms with Crippen molar-refractivity contribution in [3.63, 3.8) is 0 Å². The van der Waals surface area contributed by atoms with Crippen molar-refractivity contribution in [2.45, 2.75) is 0 Å². The zero-order valence-electron chi connectivity index (χ0n) is 7.50. The Morgan fingerprint density at radius 3 is 2.87 bits per heavy atom. The van der Waals surface area contributed by atoms with Crippen molar-refractivity contribution in [2.24, 2.45) is 0 Å². The molecule has 0 radical (unpaired) electrons. The van der Waals surface area contributed by atoms with Gasteiger partial charge >= 0.3 is 0 Å². The molecule has 2 rings (SSSR count). The molecule has 1 N–H and O–H groups in total. The van der Waals surface area contributed by atoms with E-state index < -0.39 is 0 Å². The molecule has 0 aliphatic heterocycles. The fraction of sp³-hybridized carbons (Fsp3) is 0. The van der Waals surface area contributed by atoms with Crippen LogP contribution >= 0.6 is 34.2 Å². The minimum Gasteiger partial charge on any atom is -0.317 e. The standard InChI is InChI=1S/C10H6ClIN2O/c11-9-4-1-6-5-7(13-10(12)15)2-3-8(6)14-9/h1-5H,(H,13,15). The monoisotopic (exact) mass is 332 g/mol. The van der Waals surface area contributed by atoms with E-state index in [-0.39, 0.29) is 3.91 Å². The zero-order chi connectivity index (χ0) is 10.8. The number of benzene rings is 1. The maximum Gasteiger partial charge on any atom is 0.284 e. The van der Waals surface area contributed by atoms with Gasteiger partial charge < -0.3 is 5.32 Å². The Morgan fingerprint density at radius 1 is 1.33 bits per heavy atom. The van der Waals surface area contributed by atoms with E-state index in [2.05, 4.69) is 10.3 Å². The summed E-state index contributed by atoms with van der Waals surface area (Å²) in [7, 11) is 0. The lowest BCUT2D eigenvalue weighted by atomic mass is 10.2. The van der Waals surface area contributed by atoms with Crippen LogP contribution in [0.4, 0.5) is 10.5 Å². The molecule has 1 heterocycles. The van der Waals surface area contributed by atoms with E-state index in [0.29, 0.717) is 5.15 Å². The van der Waals surface area contributed by atoms with Crippen molar-refractivity contribution in [3.05, 3.63) is 35.5 Å². The molecule has 1 amide bonds. The number of pyridine rings is 1. The van der Waals surface area contributed by atoms with E-state index in [1.54, 1.807) is 34.7 Å². The van der Waals surface area contributed by atoms with Gasteiger partial charge in [-0.25, -0.2) is 4.98 Å². The summed E-state index contributed by atoms with van der Waals surface area (Å²) in [6.07, 6.45) is 0. The zero-order valence-corrected chi connectivity index (χ0v) is 10.4. The first-order chi connectivity index (χ1) is 7.15. The van der Waals surface area contributed by atoms with E-state index in [1.807, 2.05) is 18.2 Å². The van der Waals surface area contributed by atoms with Gasteiger partial charge in [-0.2, -0.15) is 0 Å². The van der Waals surface area contributed by atoms with Crippen LogP contribution in [0.2, 0.25) is 5.15 Å². The van der Waals surface area contributed by atoms with Gasteiger partial charge in [-0.05, 0) is 30.3 Å². The predicted octanol–water partition coefficient (Wildman–Crippen LogP) is 3.86. The van der Waals surface area contributed by atoms with Crippen LogP contribution in [-0.4, -0.2) is 8.90 Å². The summed E-state index contributed by atoms with van der Waals surface area (Å²) >= 11 is 7.45. The summed E-state index contributed by atoms with van der Waals surface area (Å²) in [4.78, 5) is 15.0. The number of hydrogen-bond acceptors (Lipinski definition) is 2. The minimum absolute atomic E-state index is 0.117. The summed E-state index contributed by atoms with van der Waals surface area (Å²) in [6.45, 7) is 0. The summed E-state index contributed by atoms with van der Waals surface area (Å²) in [6, 6.07) is 9.06. The molecule has 76 valence electrons. The topological polar surface area (TPSA) is 42.0 Å². The van der Waals surface area contributed by atoms with Crippen molar-refractivity contribution < 1.29 is 4.79 Å². The van der Waals surface area contributed by atoms with Gasteiger partial charge in [-0.1, -0.05) is 11.6 Å². The van der Waals surface area contributed by atoms with Crippen LogP contribution in [0.25, 0.3) is 10.9 Å². The van der Waals surface area contributed by atoms with Gasteiger partial charge in [-0.3, -0.25) is 4.79 Å². The first-order valence-electron chi connectivity index (χ1n) is 4.18. The second kappa shape index (κ2) is 4.32. The van der Waals surface area contributed by atoms with Crippen LogP contribution in [0.5, 0.6) is 0 Å². The van der Waals surface area contributed by atoms with Gasteiger partial charge in [0.15, 0.2) is 0 Å². The van der Waals surface area contributed by atoms with Gasteiger partial charge in [0.2, 0.25) is 0 Å². The number of aromatic nitrogens is 1. The minimum atomic E-state index is -0.117. The third kappa shape index (κ3) is 2.57. The highest BCUT2D eigenvalue weighted by Crippen LogP contribution is 2.20. The number of carbonyl (C=O) groups excluding carboxylic acids is 1. The average Bonchev–Trinajstić information content (AvgIpc) is 2.17. The van der Waals surface area contributed by atoms with Crippen LogP contribution in [0.15, 0.2) is 30.3 Å². The number of anilines is 1. The Balaban J connectivity index is 2.47. The first-order valence-corrected chi connectivity index (χ1v) is 5.63. The van der Waals surface area contributed by atoms with Crippen molar-refractivity contribution in [1.29, 1.82) is 0 Å². The second-order valence-corrected chi connectivity index (χ2v) is 4.31. The SMILES string of the molecule is O=C(I)Nc1ccc2nc(Cl)ccc2c1. The fourth-order valence-corrected chi connectivity index (χ4v) is 1.76. The number of rotatable bonds is 1. The molecule has 1 aromatic heterocycles. The highest BCUT2D eigenvalue weighted by molar-refractivity contribution is 14.1. The van der Waals surface area contributed by atoms with Gasteiger partial charge in [-0.15, -0.1) is 0 Å². The second-order valence-electron chi connectivity index (χ2n) is 2.94. The number of amides is 1. The smallest absolute Gasteiger partial charge is 0.284 e. The molecule has 0 spiro atoms. The molecular formula is C10H6ClIN2O. The Morgan fingerprint density at radius 2 is 2.13 bits per heavy atom. The van der Waals surface area contributed by atoms with E-state index in [0.717, 1.165) is 16.6 Å². The molecule has 0 aliphatic carbocycles. The molecule has 0 atom stereocenters. The molecule has 0 aliphatic rings. The molecule has 15 heavy (non-hydrogen) atoms. The van der Waals surface area contributed by atoms with E-state index in [9.17, 15) is 4.79 Å². The normalized spacial score (nSPS) is 10.3. The van der Waals surface area contributed by atoms with Gasteiger partial charge in [0.1, 0.15) is 5.15 Å². The Kier molecular flexibility index (Phi) is 3.06. The lowest BCUT2D eigenvalue weighted by Crippen LogP contribution is -1.99. The van der Waals surface area contributed by atoms with Crippen LogP contribution in [0.3, 0.4) is 0 Å². The lowest BCUT2D eigenvalue weighted by Gasteiger charge is -2.02.